The van der Waals surface area contributed by atoms with Crippen LogP contribution in [-0.4, -0.2) is 5.11 Å². The number of rotatable bonds is 1. The summed E-state index contributed by atoms with van der Waals surface area (Å²) in [6.07, 6.45) is 1.80. The van der Waals surface area contributed by atoms with E-state index < -0.39 is 5.60 Å². The van der Waals surface area contributed by atoms with Gasteiger partial charge in [0.2, 0.25) is 0 Å². The molecule has 1 aliphatic rings. The molecular formula is C10H11BrO. The van der Waals surface area contributed by atoms with E-state index >= 15 is 0 Å². The molecule has 64 valence electrons. The summed E-state index contributed by atoms with van der Waals surface area (Å²) in [7, 11) is 0. The zero-order valence-corrected chi connectivity index (χ0v) is 8.56. The van der Waals surface area contributed by atoms with Gasteiger partial charge in [-0.2, -0.15) is 0 Å². The number of aryl methyl sites for hydroxylation is 1. The lowest BCUT2D eigenvalue weighted by atomic mass is 10.1. The minimum absolute atomic E-state index is 0.523. The van der Waals surface area contributed by atoms with E-state index in [0.717, 1.165) is 22.9 Å². The largest absolute Gasteiger partial charge is 0.385 e. The molecule has 0 atom stereocenters. The molecule has 2 rings (SSSR count). The summed E-state index contributed by atoms with van der Waals surface area (Å²) in [5.41, 5.74) is 1.72. The fourth-order valence-electron chi connectivity index (χ4n) is 1.38. The Bertz CT molecular complexity index is 316. The topological polar surface area (TPSA) is 20.2 Å². The highest BCUT2D eigenvalue weighted by Gasteiger charge is 2.43. The number of aliphatic hydroxyl groups is 1. The van der Waals surface area contributed by atoms with Crippen molar-refractivity contribution in [2.75, 3.05) is 0 Å². The Hall–Kier alpha value is -0.340. The Morgan fingerprint density at radius 2 is 2.08 bits per heavy atom. The van der Waals surface area contributed by atoms with Crippen molar-refractivity contribution in [3.63, 3.8) is 0 Å². The van der Waals surface area contributed by atoms with E-state index in [1.165, 1.54) is 5.56 Å². The van der Waals surface area contributed by atoms with Crippen LogP contribution < -0.4 is 0 Å². The Morgan fingerprint density at radius 3 is 2.67 bits per heavy atom. The molecular weight excluding hydrogens is 216 g/mol. The Kier molecular flexibility index (Phi) is 1.77. The third kappa shape index (κ3) is 1.29. The summed E-state index contributed by atoms with van der Waals surface area (Å²) in [5, 5.41) is 9.88. The minimum Gasteiger partial charge on any atom is -0.385 e. The van der Waals surface area contributed by atoms with Crippen molar-refractivity contribution < 1.29 is 5.11 Å². The van der Waals surface area contributed by atoms with Crippen molar-refractivity contribution >= 4 is 15.9 Å². The number of hydrogen-bond acceptors (Lipinski definition) is 1. The van der Waals surface area contributed by atoms with Crippen LogP contribution >= 0.6 is 15.9 Å². The van der Waals surface area contributed by atoms with Crippen LogP contribution in [0.1, 0.15) is 24.0 Å². The lowest BCUT2D eigenvalue weighted by Gasteiger charge is -2.10. The van der Waals surface area contributed by atoms with E-state index in [0.29, 0.717) is 0 Å². The van der Waals surface area contributed by atoms with Gasteiger partial charge in [0, 0.05) is 4.47 Å². The molecule has 0 heterocycles. The first-order valence-electron chi connectivity index (χ1n) is 4.11. The standard InChI is InChI=1S/C10H11BrO/c1-7-2-3-9(11)8(6-7)10(12)4-5-10/h2-3,6,12H,4-5H2,1H3. The average molecular weight is 227 g/mol. The van der Waals surface area contributed by atoms with Gasteiger partial charge < -0.3 is 5.11 Å². The molecule has 0 aliphatic heterocycles. The molecule has 1 aromatic carbocycles. The van der Waals surface area contributed by atoms with Crippen LogP contribution in [0.3, 0.4) is 0 Å². The summed E-state index contributed by atoms with van der Waals surface area (Å²) < 4.78 is 1.02. The zero-order valence-electron chi connectivity index (χ0n) is 6.97. The van der Waals surface area contributed by atoms with E-state index in [1.807, 2.05) is 19.1 Å². The second-order valence-electron chi connectivity index (χ2n) is 3.51. The van der Waals surface area contributed by atoms with E-state index in [-0.39, 0.29) is 0 Å². The van der Waals surface area contributed by atoms with Crippen LogP contribution in [0.25, 0.3) is 0 Å². The first kappa shape index (κ1) is 8.27. The van der Waals surface area contributed by atoms with Gasteiger partial charge in [0.15, 0.2) is 0 Å². The Balaban J connectivity index is 2.48. The fourth-order valence-corrected chi connectivity index (χ4v) is 2.00. The molecule has 0 unspecified atom stereocenters. The smallest absolute Gasteiger partial charge is 0.0909 e. The number of benzene rings is 1. The minimum atomic E-state index is -0.523. The highest BCUT2D eigenvalue weighted by atomic mass is 79.9. The van der Waals surface area contributed by atoms with E-state index in [9.17, 15) is 5.11 Å². The summed E-state index contributed by atoms with van der Waals surface area (Å²) in [6, 6.07) is 6.09. The monoisotopic (exact) mass is 226 g/mol. The third-order valence-electron chi connectivity index (χ3n) is 2.35. The van der Waals surface area contributed by atoms with Crippen molar-refractivity contribution in [3.05, 3.63) is 33.8 Å². The van der Waals surface area contributed by atoms with Crippen molar-refractivity contribution in [2.45, 2.75) is 25.4 Å². The summed E-state index contributed by atoms with van der Waals surface area (Å²) in [5.74, 6) is 0. The lowest BCUT2D eigenvalue weighted by Crippen LogP contribution is -2.05. The third-order valence-corrected chi connectivity index (χ3v) is 3.04. The molecule has 0 radical (unpaired) electrons. The van der Waals surface area contributed by atoms with Crippen LogP contribution in [0.5, 0.6) is 0 Å². The molecule has 1 N–H and O–H groups in total. The molecule has 0 amide bonds. The summed E-state index contributed by atoms with van der Waals surface area (Å²) in [4.78, 5) is 0. The first-order valence-corrected chi connectivity index (χ1v) is 4.90. The van der Waals surface area contributed by atoms with Crippen molar-refractivity contribution in [3.8, 4) is 0 Å². The van der Waals surface area contributed by atoms with Gasteiger partial charge in [0.1, 0.15) is 0 Å². The predicted molar refractivity (Wildman–Crippen MR) is 52.0 cm³/mol. The molecule has 1 fully saturated rings. The maximum atomic E-state index is 9.88. The van der Waals surface area contributed by atoms with Crippen LogP contribution in [0, 0.1) is 6.92 Å². The van der Waals surface area contributed by atoms with Crippen molar-refractivity contribution in [1.29, 1.82) is 0 Å². The number of halogens is 1. The van der Waals surface area contributed by atoms with Crippen molar-refractivity contribution in [2.24, 2.45) is 0 Å². The average Bonchev–Trinajstić information content (AvgIpc) is 2.75. The highest BCUT2D eigenvalue weighted by molar-refractivity contribution is 9.10. The molecule has 1 saturated carbocycles. The second kappa shape index (κ2) is 2.57. The maximum absolute atomic E-state index is 9.88. The number of hydrogen-bond donors (Lipinski definition) is 1. The first-order chi connectivity index (χ1) is 5.62. The zero-order chi connectivity index (χ0) is 8.77. The normalized spacial score (nSPS) is 19.2. The molecule has 1 aliphatic carbocycles. The van der Waals surface area contributed by atoms with Gasteiger partial charge in [-0.25, -0.2) is 0 Å². The Labute approximate surface area is 80.5 Å². The summed E-state index contributed by atoms with van der Waals surface area (Å²) in [6.45, 7) is 2.04. The summed E-state index contributed by atoms with van der Waals surface area (Å²) >= 11 is 3.45. The van der Waals surface area contributed by atoms with Gasteiger partial charge in [0.05, 0.1) is 5.60 Å². The van der Waals surface area contributed by atoms with Gasteiger partial charge in [-0.15, -0.1) is 0 Å². The van der Waals surface area contributed by atoms with Gasteiger partial charge in [-0.05, 0) is 31.4 Å². The van der Waals surface area contributed by atoms with E-state index in [1.54, 1.807) is 0 Å². The SMILES string of the molecule is Cc1ccc(Br)c(C2(O)CC2)c1. The quantitative estimate of drug-likeness (QED) is 0.782. The van der Waals surface area contributed by atoms with Crippen molar-refractivity contribution in [1.82, 2.24) is 0 Å². The second-order valence-corrected chi connectivity index (χ2v) is 4.37. The molecule has 0 saturated heterocycles. The molecule has 2 heteroatoms. The molecule has 12 heavy (non-hydrogen) atoms. The van der Waals surface area contributed by atoms with Gasteiger partial charge in [0.25, 0.3) is 0 Å². The van der Waals surface area contributed by atoms with E-state index in [4.69, 9.17) is 0 Å². The van der Waals surface area contributed by atoms with Gasteiger partial charge in [-0.1, -0.05) is 33.6 Å². The highest BCUT2D eigenvalue weighted by Crippen LogP contribution is 2.47. The molecule has 0 bridgehead atoms. The van der Waals surface area contributed by atoms with Crippen LogP contribution in [0.15, 0.2) is 22.7 Å². The molecule has 1 nitrogen and oxygen atoms in total. The molecule has 0 aromatic heterocycles. The van der Waals surface area contributed by atoms with Gasteiger partial charge in [-0.3, -0.25) is 0 Å². The maximum Gasteiger partial charge on any atom is 0.0909 e. The predicted octanol–water partition coefficient (Wildman–Crippen LogP) is 2.74. The van der Waals surface area contributed by atoms with Crippen LogP contribution in [-0.2, 0) is 5.60 Å². The Morgan fingerprint density at radius 1 is 1.42 bits per heavy atom. The fraction of sp³-hybridized carbons (Fsp3) is 0.400. The lowest BCUT2D eigenvalue weighted by molar-refractivity contribution is 0.150. The van der Waals surface area contributed by atoms with E-state index in [2.05, 4.69) is 22.0 Å². The molecule has 1 aromatic rings. The van der Waals surface area contributed by atoms with Gasteiger partial charge >= 0.3 is 0 Å². The van der Waals surface area contributed by atoms with Crippen LogP contribution in [0.4, 0.5) is 0 Å². The molecule has 0 spiro atoms. The van der Waals surface area contributed by atoms with Crippen LogP contribution in [0.2, 0.25) is 0 Å².